The number of aromatic nitrogens is 1. The molecule has 17 heavy (non-hydrogen) atoms. The molecule has 0 unspecified atom stereocenters. The average molecular weight is 239 g/mol. The molecule has 1 aromatic heterocycles. The number of aryl methyl sites for hydroxylation is 1. The molecule has 0 aliphatic heterocycles. The molecule has 0 bridgehead atoms. The number of pyridine rings is 1. The highest BCUT2D eigenvalue weighted by molar-refractivity contribution is 5.73. The van der Waals surface area contributed by atoms with Crippen molar-refractivity contribution in [2.24, 2.45) is 0 Å². The lowest BCUT2D eigenvalue weighted by atomic mass is 10.2. The van der Waals surface area contributed by atoms with Gasteiger partial charge in [-0.25, -0.2) is 4.79 Å². The first-order valence-corrected chi connectivity index (χ1v) is 5.56. The molecule has 0 aliphatic rings. The summed E-state index contributed by atoms with van der Waals surface area (Å²) in [6.45, 7) is 5.50. The number of hydrogen-bond donors (Lipinski definition) is 1. The lowest BCUT2D eigenvalue weighted by Crippen LogP contribution is -2.30. The minimum absolute atomic E-state index is 0.0992. The van der Waals surface area contributed by atoms with Gasteiger partial charge in [-0.1, -0.05) is 6.92 Å². The average Bonchev–Trinajstić information content (AvgIpc) is 2.24. The second-order valence-corrected chi connectivity index (χ2v) is 3.91. The zero-order chi connectivity index (χ0) is 13.0. The fourth-order valence-corrected chi connectivity index (χ4v) is 1.62. The Morgan fingerprint density at radius 1 is 1.53 bits per heavy atom. The maximum absolute atomic E-state index is 11.7. The molecular formula is C12H17NO4. The van der Waals surface area contributed by atoms with Gasteiger partial charge in [-0.2, -0.15) is 0 Å². The van der Waals surface area contributed by atoms with E-state index in [0.29, 0.717) is 12.3 Å². The van der Waals surface area contributed by atoms with Gasteiger partial charge in [0.2, 0.25) is 0 Å². The van der Waals surface area contributed by atoms with Crippen LogP contribution >= 0.6 is 0 Å². The van der Waals surface area contributed by atoms with E-state index in [1.54, 1.807) is 13.8 Å². The van der Waals surface area contributed by atoms with Gasteiger partial charge in [0.15, 0.2) is 0 Å². The van der Waals surface area contributed by atoms with Crippen LogP contribution in [0.4, 0.5) is 0 Å². The van der Waals surface area contributed by atoms with E-state index in [1.165, 1.54) is 10.6 Å². The number of carbonyl (C=O) groups is 1. The highest BCUT2D eigenvalue weighted by atomic mass is 16.5. The molecule has 0 aliphatic carbocycles. The zero-order valence-corrected chi connectivity index (χ0v) is 10.3. The van der Waals surface area contributed by atoms with E-state index >= 15 is 0 Å². The van der Waals surface area contributed by atoms with Gasteiger partial charge < -0.3 is 9.84 Å². The van der Waals surface area contributed by atoms with Crippen LogP contribution in [0.2, 0.25) is 0 Å². The number of hydrogen-bond acceptors (Lipinski definition) is 4. The van der Waals surface area contributed by atoms with Gasteiger partial charge in [0, 0.05) is 11.8 Å². The fraction of sp³-hybridized carbons (Fsp3) is 0.500. The van der Waals surface area contributed by atoms with Crippen molar-refractivity contribution in [2.75, 3.05) is 6.61 Å². The van der Waals surface area contributed by atoms with Gasteiger partial charge >= 0.3 is 5.97 Å². The Hall–Kier alpha value is -1.78. The predicted molar refractivity (Wildman–Crippen MR) is 63.1 cm³/mol. The predicted octanol–water partition coefficient (Wildman–Crippen LogP) is 1.38. The fourth-order valence-electron chi connectivity index (χ4n) is 1.62. The normalized spacial score (nSPS) is 12.2. The summed E-state index contributed by atoms with van der Waals surface area (Å²) >= 11 is 0. The monoisotopic (exact) mass is 239 g/mol. The molecule has 0 spiro atoms. The number of nitrogens with zero attached hydrogens (tertiary/aromatic N) is 1. The van der Waals surface area contributed by atoms with E-state index in [4.69, 9.17) is 4.74 Å². The van der Waals surface area contributed by atoms with Crippen LogP contribution in [0.1, 0.15) is 32.0 Å². The van der Waals surface area contributed by atoms with Gasteiger partial charge in [-0.15, -0.1) is 0 Å². The molecule has 1 rings (SSSR count). The Bertz CT molecular complexity index is 464. The Balaban J connectivity index is 3.00. The van der Waals surface area contributed by atoms with Crippen molar-refractivity contribution in [3.05, 3.63) is 28.2 Å². The third-order valence-corrected chi connectivity index (χ3v) is 2.42. The topological polar surface area (TPSA) is 68.5 Å². The minimum atomic E-state index is -0.686. The van der Waals surface area contributed by atoms with Crippen LogP contribution in [-0.4, -0.2) is 22.2 Å². The van der Waals surface area contributed by atoms with Crippen molar-refractivity contribution in [3.63, 3.8) is 0 Å². The van der Waals surface area contributed by atoms with E-state index < -0.39 is 17.6 Å². The molecule has 0 saturated carbocycles. The number of ether oxygens (including phenoxy) is 1. The first-order valence-electron chi connectivity index (χ1n) is 5.56. The van der Waals surface area contributed by atoms with Crippen LogP contribution in [0.25, 0.3) is 0 Å². The van der Waals surface area contributed by atoms with Crippen LogP contribution in [0, 0.1) is 6.92 Å². The van der Waals surface area contributed by atoms with Gasteiger partial charge in [-0.05, 0) is 26.3 Å². The lowest BCUT2D eigenvalue weighted by molar-refractivity contribution is -0.147. The Labute approximate surface area is 99.6 Å². The van der Waals surface area contributed by atoms with Crippen molar-refractivity contribution >= 4 is 5.97 Å². The molecular weight excluding hydrogens is 222 g/mol. The van der Waals surface area contributed by atoms with Crippen molar-refractivity contribution in [1.29, 1.82) is 0 Å². The van der Waals surface area contributed by atoms with E-state index in [0.717, 1.165) is 12.5 Å². The van der Waals surface area contributed by atoms with Crippen LogP contribution in [0.15, 0.2) is 16.9 Å². The molecule has 1 N–H and O–H groups in total. The quantitative estimate of drug-likeness (QED) is 0.806. The van der Waals surface area contributed by atoms with E-state index in [9.17, 15) is 14.7 Å². The van der Waals surface area contributed by atoms with E-state index in [2.05, 4.69) is 0 Å². The first-order chi connectivity index (χ1) is 7.97. The summed E-state index contributed by atoms with van der Waals surface area (Å²) in [7, 11) is 0. The standard InChI is InChI=1S/C12H17NO4/c1-4-5-17-12(16)9(3)13-8(2)6-10(14)7-11(13)15/h6-7,9,14H,4-5H2,1-3H3/t9-/m1/s1. The summed E-state index contributed by atoms with van der Waals surface area (Å²) in [6, 6.07) is 1.83. The van der Waals surface area contributed by atoms with Gasteiger partial charge in [0.05, 0.1) is 6.61 Å². The third-order valence-electron chi connectivity index (χ3n) is 2.42. The van der Waals surface area contributed by atoms with E-state index in [-0.39, 0.29) is 5.75 Å². The number of esters is 1. The maximum Gasteiger partial charge on any atom is 0.328 e. The van der Waals surface area contributed by atoms with Crippen molar-refractivity contribution in [1.82, 2.24) is 4.57 Å². The molecule has 1 aromatic rings. The van der Waals surface area contributed by atoms with Crippen LogP contribution < -0.4 is 5.56 Å². The molecule has 0 amide bonds. The maximum atomic E-state index is 11.7. The summed E-state index contributed by atoms with van der Waals surface area (Å²) in [5.74, 6) is -0.541. The molecule has 0 radical (unpaired) electrons. The van der Waals surface area contributed by atoms with Gasteiger partial charge in [-0.3, -0.25) is 9.36 Å². The van der Waals surface area contributed by atoms with Crippen LogP contribution in [0.5, 0.6) is 5.75 Å². The van der Waals surface area contributed by atoms with E-state index in [1.807, 2.05) is 6.92 Å². The SMILES string of the molecule is CCCOC(=O)[C@@H](C)n1c(C)cc(O)cc1=O. The molecule has 0 saturated heterocycles. The second kappa shape index (κ2) is 5.52. The summed E-state index contributed by atoms with van der Waals surface area (Å²) in [5.41, 5.74) is 0.111. The summed E-state index contributed by atoms with van der Waals surface area (Å²) in [6.07, 6.45) is 0.738. The first kappa shape index (κ1) is 13.3. The van der Waals surface area contributed by atoms with Crippen molar-refractivity contribution in [3.8, 4) is 5.75 Å². The molecule has 5 nitrogen and oxygen atoms in total. The molecule has 94 valence electrons. The Morgan fingerprint density at radius 3 is 2.71 bits per heavy atom. The molecule has 1 atom stereocenters. The zero-order valence-electron chi connectivity index (χ0n) is 10.3. The molecule has 1 heterocycles. The summed E-state index contributed by atoms with van der Waals surface area (Å²) in [4.78, 5) is 23.3. The summed E-state index contributed by atoms with van der Waals surface area (Å²) < 4.78 is 6.29. The molecule has 5 heteroatoms. The highest BCUT2D eigenvalue weighted by Crippen LogP contribution is 2.13. The minimum Gasteiger partial charge on any atom is -0.508 e. The summed E-state index contributed by atoms with van der Waals surface area (Å²) in [5, 5.41) is 9.25. The second-order valence-electron chi connectivity index (χ2n) is 3.91. The van der Waals surface area contributed by atoms with Crippen molar-refractivity contribution in [2.45, 2.75) is 33.2 Å². The van der Waals surface area contributed by atoms with Crippen molar-refractivity contribution < 1.29 is 14.6 Å². The van der Waals surface area contributed by atoms with Crippen LogP contribution in [-0.2, 0) is 9.53 Å². The number of carbonyl (C=O) groups excluding carboxylic acids is 1. The van der Waals surface area contributed by atoms with Gasteiger partial charge in [0.1, 0.15) is 11.8 Å². The smallest absolute Gasteiger partial charge is 0.328 e. The lowest BCUT2D eigenvalue weighted by Gasteiger charge is -2.16. The van der Waals surface area contributed by atoms with Crippen LogP contribution in [0.3, 0.4) is 0 Å². The number of rotatable bonds is 4. The Kier molecular flexibility index (Phi) is 4.31. The highest BCUT2D eigenvalue weighted by Gasteiger charge is 2.19. The third kappa shape index (κ3) is 3.09. The number of aromatic hydroxyl groups is 1. The molecule has 0 aromatic carbocycles. The molecule has 0 fully saturated rings. The Morgan fingerprint density at radius 2 is 2.18 bits per heavy atom. The van der Waals surface area contributed by atoms with Gasteiger partial charge in [0.25, 0.3) is 5.56 Å². The largest absolute Gasteiger partial charge is 0.508 e.